The minimum atomic E-state index is -4.79. The third-order valence-corrected chi connectivity index (χ3v) is 9.70. The number of benzene rings is 1. The summed E-state index contributed by atoms with van der Waals surface area (Å²) in [5.41, 5.74) is 0.810. The molecule has 5 aliphatic carbocycles. The highest BCUT2D eigenvalue weighted by atomic mass is 19.4. The molecular formula is C30H37F3N6O2. The first kappa shape index (κ1) is 28.0. The number of para-hydroxylation sites is 1. The molecule has 5 atom stereocenters. The SMILES string of the molecule is N#Cc1cnc(NCc2ccccc2OC(F)(F)F)nc1NCC12CC3C[C@H](C1)C(N[C@H]1CC[C@H](O)CC1)[C@@H](C3)C2. The fourth-order valence-corrected chi connectivity index (χ4v) is 8.20. The molecule has 4 N–H and O–H groups in total. The Morgan fingerprint density at radius 1 is 1.05 bits per heavy atom. The topological polar surface area (TPSA) is 115 Å². The molecule has 41 heavy (non-hydrogen) atoms. The maximum Gasteiger partial charge on any atom is 0.573 e. The number of nitrogens with zero attached hydrogens (tertiary/aromatic N) is 3. The summed E-state index contributed by atoms with van der Waals surface area (Å²) in [5.74, 6) is 2.41. The highest BCUT2D eigenvalue weighted by molar-refractivity contribution is 5.53. The number of hydrogen-bond acceptors (Lipinski definition) is 8. The van der Waals surface area contributed by atoms with Crippen LogP contribution >= 0.6 is 0 Å². The molecule has 0 saturated heterocycles. The first-order chi connectivity index (χ1) is 19.7. The first-order valence-electron chi connectivity index (χ1n) is 14.7. The highest BCUT2D eigenvalue weighted by Crippen LogP contribution is 2.60. The third-order valence-electron chi connectivity index (χ3n) is 9.70. The molecule has 1 heterocycles. The van der Waals surface area contributed by atoms with Gasteiger partial charge < -0.3 is 25.8 Å². The summed E-state index contributed by atoms with van der Waals surface area (Å²) in [6.45, 7) is 0.757. The van der Waals surface area contributed by atoms with Gasteiger partial charge in [-0.25, -0.2) is 4.98 Å². The van der Waals surface area contributed by atoms with Crippen molar-refractivity contribution in [1.29, 1.82) is 5.26 Å². The predicted molar refractivity (Wildman–Crippen MR) is 147 cm³/mol. The molecule has 5 saturated carbocycles. The van der Waals surface area contributed by atoms with Gasteiger partial charge in [0.15, 0.2) is 0 Å². The maximum absolute atomic E-state index is 12.8. The van der Waals surface area contributed by atoms with Gasteiger partial charge in [-0.3, -0.25) is 0 Å². The predicted octanol–water partition coefficient (Wildman–Crippen LogP) is 5.36. The van der Waals surface area contributed by atoms with Crippen LogP contribution in [0.5, 0.6) is 5.75 Å². The van der Waals surface area contributed by atoms with Crippen LogP contribution in [0.15, 0.2) is 30.5 Å². The van der Waals surface area contributed by atoms with Crippen LogP contribution in [-0.2, 0) is 6.54 Å². The average Bonchev–Trinajstić information content (AvgIpc) is 2.93. The van der Waals surface area contributed by atoms with Gasteiger partial charge in [0.05, 0.1) is 12.3 Å². The number of aliphatic hydroxyl groups is 1. The number of anilines is 2. The van der Waals surface area contributed by atoms with Gasteiger partial charge in [-0.05, 0) is 87.0 Å². The first-order valence-corrected chi connectivity index (χ1v) is 14.7. The molecule has 1 aromatic carbocycles. The van der Waals surface area contributed by atoms with E-state index in [0.29, 0.717) is 40.9 Å². The largest absolute Gasteiger partial charge is 0.573 e. The van der Waals surface area contributed by atoms with Crippen LogP contribution in [0.2, 0.25) is 0 Å². The van der Waals surface area contributed by atoms with E-state index in [2.05, 4.69) is 36.7 Å². The van der Waals surface area contributed by atoms with E-state index < -0.39 is 6.36 Å². The maximum atomic E-state index is 12.8. The fourth-order valence-electron chi connectivity index (χ4n) is 8.20. The van der Waals surface area contributed by atoms with E-state index in [-0.39, 0.29) is 29.8 Å². The molecule has 0 aliphatic heterocycles. The summed E-state index contributed by atoms with van der Waals surface area (Å²) in [6, 6.07) is 9.14. The lowest BCUT2D eigenvalue weighted by atomic mass is 9.47. The number of aliphatic hydroxyl groups excluding tert-OH is 1. The Bertz CT molecular complexity index is 1260. The van der Waals surface area contributed by atoms with Gasteiger partial charge in [-0.2, -0.15) is 10.2 Å². The van der Waals surface area contributed by atoms with Crippen molar-refractivity contribution in [1.82, 2.24) is 15.3 Å². The Kier molecular flexibility index (Phi) is 7.72. The van der Waals surface area contributed by atoms with Crippen LogP contribution in [0.3, 0.4) is 0 Å². The number of rotatable bonds is 9. The third kappa shape index (κ3) is 6.38. The van der Waals surface area contributed by atoms with Crippen LogP contribution in [0, 0.1) is 34.5 Å². The summed E-state index contributed by atoms with van der Waals surface area (Å²) >= 11 is 0. The van der Waals surface area contributed by atoms with Gasteiger partial charge in [-0.1, -0.05) is 18.2 Å². The minimum absolute atomic E-state index is 0.0287. The van der Waals surface area contributed by atoms with Crippen molar-refractivity contribution in [3.63, 3.8) is 0 Å². The van der Waals surface area contributed by atoms with Crippen LogP contribution in [0.25, 0.3) is 0 Å². The Morgan fingerprint density at radius 2 is 1.78 bits per heavy atom. The Balaban J connectivity index is 1.10. The molecule has 11 heteroatoms. The molecular weight excluding hydrogens is 533 g/mol. The zero-order valence-electron chi connectivity index (χ0n) is 23.0. The number of nitriles is 1. The standard InChI is InChI=1S/C30H37F3N6O2/c31-30(32,33)41-25-4-2-1-3-19(25)15-35-28-36-16-22(14-34)27(39-28)37-17-29-11-18-9-20(12-29)26(21(10-18)13-29)38-23-5-7-24(40)8-6-23/h1-4,16,18,20-21,23-24,26,38,40H,5-13,15,17H2,(H2,35,36,37,39)/t18?,20-,21+,23-,24-,26?,29?. The number of ether oxygens (including phenoxy) is 1. The molecule has 0 amide bonds. The molecule has 0 radical (unpaired) electrons. The lowest BCUT2D eigenvalue weighted by Gasteiger charge is -2.61. The summed E-state index contributed by atoms with van der Waals surface area (Å²) in [5, 5.41) is 30.0. The quantitative estimate of drug-likeness (QED) is 0.319. The Morgan fingerprint density at radius 3 is 2.49 bits per heavy atom. The van der Waals surface area contributed by atoms with Crippen molar-refractivity contribution >= 4 is 11.8 Å². The van der Waals surface area contributed by atoms with Crippen molar-refractivity contribution in [2.24, 2.45) is 23.2 Å². The van der Waals surface area contributed by atoms with Crippen molar-refractivity contribution in [2.75, 3.05) is 17.2 Å². The van der Waals surface area contributed by atoms with E-state index in [9.17, 15) is 23.5 Å². The van der Waals surface area contributed by atoms with E-state index in [1.54, 1.807) is 12.1 Å². The van der Waals surface area contributed by atoms with Gasteiger partial charge >= 0.3 is 6.36 Å². The second kappa shape index (κ2) is 11.3. The summed E-state index contributed by atoms with van der Waals surface area (Å²) in [6.07, 6.45) is 6.42. The molecule has 0 spiro atoms. The minimum Gasteiger partial charge on any atom is -0.405 e. The Hall–Kier alpha value is -3.10. The van der Waals surface area contributed by atoms with Gasteiger partial charge in [-0.15, -0.1) is 13.2 Å². The molecule has 7 rings (SSSR count). The highest BCUT2D eigenvalue weighted by Gasteiger charge is 2.55. The second-order valence-electron chi connectivity index (χ2n) is 12.6. The fraction of sp³-hybridized carbons (Fsp3) is 0.633. The van der Waals surface area contributed by atoms with Gasteiger partial charge in [0, 0.05) is 30.7 Å². The van der Waals surface area contributed by atoms with Gasteiger partial charge in [0.25, 0.3) is 0 Å². The lowest BCUT2D eigenvalue weighted by molar-refractivity contribution is -0.274. The zero-order chi connectivity index (χ0) is 28.6. The number of aromatic nitrogens is 2. The normalized spacial score (nSPS) is 32.4. The number of nitrogens with one attached hydrogen (secondary N) is 3. The molecule has 8 nitrogen and oxygen atoms in total. The molecule has 5 aliphatic rings. The Labute approximate surface area is 238 Å². The van der Waals surface area contributed by atoms with Crippen molar-refractivity contribution in [3.8, 4) is 11.8 Å². The van der Waals surface area contributed by atoms with Crippen molar-refractivity contribution in [2.45, 2.75) is 88.9 Å². The van der Waals surface area contributed by atoms with Gasteiger partial charge in [0.1, 0.15) is 23.2 Å². The molecule has 5 fully saturated rings. The van der Waals surface area contributed by atoms with Gasteiger partial charge in [0.2, 0.25) is 5.95 Å². The van der Waals surface area contributed by atoms with Crippen LogP contribution < -0.4 is 20.7 Å². The van der Waals surface area contributed by atoms with E-state index in [0.717, 1.165) is 51.0 Å². The lowest BCUT2D eigenvalue weighted by Crippen LogP contribution is -2.61. The monoisotopic (exact) mass is 570 g/mol. The van der Waals surface area contributed by atoms with E-state index in [1.807, 2.05) is 0 Å². The average molecular weight is 571 g/mol. The number of halogens is 3. The molecule has 4 bridgehead atoms. The summed E-state index contributed by atoms with van der Waals surface area (Å²) in [7, 11) is 0. The van der Waals surface area contributed by atoms with Crippen molar-refractivity contribution < 1.29 is 23.0 Å². The smallest absolute Gasteiger partial charge is 0.405 e. The van der Waals surface area contributed by atoms with Crippen LogP contribution in [0.4, 0.5) is 24.9 Å². The van der Waals surface area contributed by atoms with Crippen molar-refractivity contribution in [3.05, 3.63) is 41.6 Å². The second-order valence-corrected chi connectivity index (χ2v) is 12.6. The van der Waals surface area contributed by atoms with E-state index in [4.69, 9.17) is 0 Å². The molecule has 3 unspecified atom stereocenters. The van der Waals surface area contributed by atoms with Crippen LogP contribution in [-0.4, -0.2) is 46.2 Å². The molecule has 220 valence electrons. The van der Waals surface area contributed by atoms with Crippen LogP contribution in [0.1, 0.15) is 68.9 Å². The van der Waals surface area contributed by atoms with E-state index in [1.165, 1.54) is 37.6 Å². The molecule has 2 aromatic rings. The summed E-state index contributed by atoms with van der Waals surface area (Å²) < 4.78 is 42.5. The summed E-state index contributed by atoms with van der Waals surface area (Å²) in [4.78, 5) is 8.73. The van der Waals surface area contributed by atoms with E-state index >= 15 is 0 Å². The number of alkyl halides is 3. The molecule has 1 aromatic heterocycles. The zero-order valence-corrected chi connectivity index (χ0v) is 23.0. The number of hydrogen-bond donors (Lipinski definition) is 4.